The van der Waals surface area contributed by atoms with Gasteiger partial charge in [0.2, 0.25) is 29.5 Å². The van der Waals surface area contributed by atoms with E-state index in [0.717, 1.165) is 36.1 Å². The van der Waals surface area contributed by atoms with Crippen LogP contribution in [-0.2, 0) is 54.2 Å². The SMILES string of the molecule is CC[C@H](C)[C@@H]([C@@H](CC(=O)N1CCC[C@H]1[C@H](OC)[C@@H](C)C(=O)N[C@@H](Cc1ccccc1)C(=O)NCCOCCN1C(=O)C=CC1=O)OC)N(C)C(=O)[C@@H](NC(=O)C1[C@H]2CC[C@H](C2)N1C)C(C)C. The summed E-state index contributed by atoms with van der Waals surface area (Å²) >= 11 is 0. The van der Waals surface area contributed by atoms with Crippen molar-refractivity contribution in [3.8, 4) is 0 Å². The van der Waals surface area contributed by atoms with Gasteiger partial charge in [-0.1, -0.05) is 71.4 Å². The fraction of sp³-hybridized carbons (Fsp3) is 0.694. The maximum atomic E-state index is 14.4. The third kappa shape index (κ3) is 12.6. The monoisotopic (exact) mass is 922 g/mol. The first-order chi connectivity index (χ1) is 31.5. The van der Waals surface area contributed by atoms with Gasteiger partial charge >= 0.3 is 0 Å². The lowest BCUT2D eigenvalue weighted by molar-refractivity contribution is -0.148. The molecule has 17 heteroatoms. The Bertz CT molecular complexity index is 1860. The van der Waals surface area contributed by atoms with Gasteiger partial charge in [0, 0.05) is 59.0 Å². The number of carbonyl (C=O) groups is 7. The van der Waals surface area contributed by atoms with Crippen molar-refractivity contribution in [3.63, 3.8) is 0 Å². The first-order valence-electron chi connectivity index (χ1n) is 23.9. The Labute approximate surface area is 391 Å². The predicted molar refractivity (Wildman–Crippen MR) is 247 cm³/mol. The second kappa shape index (κ2) is 24.4. The van der Waals surface area contributed by atoms with Crippen LogP contribution in [0.1, 0.15) is 85.1 Å². The van der Waals surface area contributed by atoms with Gasteiger partial charge in [-0.15, -0.1) is 0 Å². The number of nitrogens with one attached hydrogen (secondary N) is 3. The predicted octanol–water partition coefficient (Wildman–Crippen LogP) is 2.32. The van der Waals surface area contributed by atoms with Crippen LogP contribution in [0.4, 0.5) is 0 Å². The second-order valence-electron chi connectivity index (χ2n) is 19.0. The van der Waals surface area contributed by atoms with E-state index in [1.54, 1.807) is 30.9 Å². The fourth-order valence-corrected chi connectivity index (χ4v) is 10.5. The molecule has 7 amide bonds. The van der Waals surface area contributed by atoms with Crippen molar-refractivity contribution in [1.29, 1.82) is 0 Å². The van der Waals surface area contributed by atoms with Crippen molar-refractivity contribution in [3.05, 3.63) is 48.0 Å². The van der Waals surface area contributed by atoms with Crippen molar-refractivity contribution < 1.29 is 47.8 Å². The van der Waals surface area contributed by atoms with E-state index in [1.807, 2.05) is 65.1 Å². The molecule has 66 heavy (non-hydrogen) atoms. The minimum atomic E-state index is -0.936. The van der Waals surface area contributed by atoms with Gasteiger partial charge in [-0.25, -0.2) is 0 Å². The van der Waals surface area contributed by atoms with Crippen LogP contribution in [0.15, 0.2) is 42.5 Å². The standard InChI is InChI=1S/C49H75N7O10/c1-10-31(4)43(54(7)49(63)42(30(2)3)52-48(62)44-34-18-19-35(28-34)53(44)6)38(64-8)29-41(59)55-23-14-17-37(55)45(65-9)32(5)46(60)51-36(27-33-15-12-11-13-16-33)47(61)50-22-25-66-26-24-56-39(57)20-21-40(56)58/h11-13,15-16,20-21,30-32,34-38,42-45H,10,14,17-19,22-29H2,1-9H3,(H,50,61)(H,51,60)(H,52,62)/t31-,32+,34-,35+,36-,37-,38+,42-,43-,44?,45+/m0/s1. The molecule has 3 N–H and O–H groups in total. The van der Waals surface area contributed by atoms with Crippen molar-refractivity contribution in [2.24, 2.45) is 23.7 Å². The lowest BCUT2D eigenvalue weighted by Gasteiger charge is -2.41. The Balaban J connectivity index is 1.21. The summed E-state index contributed by atoms with van der Waals surface area (Å²) in [4.78, 5) is 101. The molecule has 0 radical (unpaired) electrons. The summed E-state index contributed by atoms with van der Waals surface area (Å²) in [5.41, 5.74) is 0.843. The van der Waals surface area contributed by atoms with Crippen molar-refractivity contribution in [2.45, 2.75) is 134 Å². The van der Waals surface area contributed by atoms with Crippen LogP contribution < -0.4 is 16.0 Å². The Morgan fingerprint density at radius 3 is 2.20 bits per heavy atom. The summed E-state index contributed by atoms with van der Waals surface area (Å²) in [6, 6.07) is 6.88. The number of fused-ring (bicyclic) bond motifs is 2. The van der Waals surface area contributed by atoms with Crippen molar-refractivity contribution >= 4 is 41.4 Å². The lowest BCUT2D eigenvalue weighted by Crippen LogP contribution is -2.60. The molecular formula is C49H75N7O10. The number of nitrogens with zero attached hydrogens (tertiary/aromatic N) is 4. The number of likely N-dealkylation sites (tertiary alicyclic amines) is 2. The lowest BCUT2D eigenvalue weighted by atomic mass is 9.89. The zero-order valence-corrected chi connectivity index (χ0v) is 40.5. The number of amides is 7. The van der Waals surface area contributed by atoms with Gasteiger partial charge in [-0.2, -0.15) is 0 Å². The quantitative estimate of drug-likeness (QED) is 0.0963. The van der Waals surface area contributed by atoms with E-state index >= 15 is 0 Å². The number of carbonyl (C=O) groups excluding carboxylic acids is 7. The number of ether oxygens (including phenoxy) is 3. The maximum absolute atomic E-state index is 14.4. The van der Waals surface area contributed by atoms with E-state index in [1.165, 1.54) is 19.3 Å². The molecule has 1 aromatic carbocycles. The fourth-order valence-electron chi connectivity index (χ4n) is 10.5. The smallest absolute Gasteiger partial charge is 0.253 e. The number of rotatable bonds is 25. The summed E-state index contributed by atoms with van der Waals surface area (Å²) in [7, 11) is 6.81. The molecule has 0 aromatic heterocycles. The number of hydrogen-bond donors (Lipinski definition) is 3. The zero-order valence-electron chi connectivity index (χ0n) is 40.5. The molecule has 366 valence electrons. The first kappa shape index (κ1) is 52.3. The molecule has 4 aliphatic rings. The van der Waals surface area contributed by atoms with Crippen LogP contribution in [-0.4, -0.2) is 171 Å². The average Bonchev–Trinajstić information content (AvgIpc) is 4.12. The highest BCUT2D eigenvalue weighted by atomic mass is 16.5. The molecule has 2 bridgehead atoms. The highest BCUT2D eigenvalue weighted by molar-refractivity contribution is 6.12. The highest BCUT2D eigenvalue weighted by Crippen LogP contribution is 2.41. The summed E-state index contributed by atoms with van der Waals surface area (Å²) in [6.45, 7) is 10.6. The zero-order chi connectivity index (χ0) is 48.2. The molecule has 1 unspecified atom stereocenters. The molecule has 5 rings (SSSR count). The third-order valence-corrected chi connectivity index (χ3v) is 14.5. The van der Waals surface area contributed by atoms with Crippen LogP contribution in [0.3, 0.4) is 0 Å². The summed E-state index contributed by atoms with van der Waals surface area (Å²) in [5.74, 6) is -2.82. The van der Waals surface area contributed by atoms with Crippen molar-refractivity contribution in [2.75, 3.05) is 61.2 Å². The van der Waals surface area contributed by atoms with Crippen molar-refractivity contribution in [1.82, 2.24) is 35.6 Å². The number of imide groups is 1. The van der Waals surface area contributed by atoms with Gasteiger partial charge in [0.1, 0.15) is 12.1 Å². The van der Waals surface area contributed by atoms with Crippen LogP contribution in [0, 0.1) is 23.7 Å². The molecule has 3 fully saturated rings. The molecule has 0 spiro atoms. The Hall–Kier alpha value is -4.71. The van der Waals surface area contributed by atoms with E-state index in [0.29, 0.717) is 31.3 Å². The van der Waals surface area contributed by atoms with Gasteiger partial charge in [-0.3, -0.25) is 43.4 Å². The minimum Gasteiger partial charge on any atom is -0.379 e. The van der Waals surface area contributed by atoms with Crippen LogP contribution in [0.25, 0.3) is 0 Å². The normalized spacial score (nSPS) is 23.7. The number of piperidine rings is 1. The van der Waals surface area contributed by atoms with E-state index in [4.69, 9.17) is 14.2 Å². The second-order valence-corrected chi connectivity index (χ2v) is 19.0. The van der Waals surface area contributed by atoms with Crippen LogP contribution >= 0.6 is 0 Å². The van der Waals surface area contributed by atoms with Gasteiger partial charge in [0.15, 0.2) is 0 Å². The molecule has 2 saturated heterocycles. The minimum absolute atomic E-state index is 0.0139. The van der Waals surface area contributed by atoms with Gasteiger partial charge < -0.3 is 40.0 Å². The molecule has 11 atom stereocenters. The molecule has 3 heterocycles. The van der Waals surface area contributed by atoms with E-state index < -0.39 is 65.9 Å². The van der Waals surface area contributed by atoms with E-state index in [2.05, 4.69) is 20.9 Å². The van der Waals surface area contributed by atoms with Gasteiger partial charge in [0.05, 0.1) is 62.4 Å². The maximum Gasteiger partial charge on any atom is 0.253 e. The summed E-state index contributed by atoms with van der Waals surface area (Å²) in [5, 5.41) is 8.91. The third-order valence-electron chi connectivity index (χ3n) is 14.5. The van der Waals surface area contributed by atoms with Crippen LogP contribution in [0.2, 0.25) is 0 Å². The average molecular weight is 922 g/mol. The van der Waals surface area contributed by atoms with Gasteiger partial charge in [0.25, 0.3) is 11.8 Å². The van der Waals surface area contributed by atoms with Gasteiger partial charge in [-0.05, 0) is 62.5 Å². The Morgan fingerprint density at radius 2 is 1.59 bits per heavy atom. The number of methoxy groups -OCH3 is 2. The molecule has 1 aliphatic carbocycles. The van der Waals surface area contributed by atoms with E-state index in [-0.39, 0.29) is 74.7 Å². The summed E-state index contributed by atoms with van der Waals surface area (Å²) < 4.78 is 17.7. The number of hydrogen-bond acceptors (Lipinski definition) is 11. The topological polar surface area (TPSA) is 196 Å². The first-order valence-corrected chi connectivity index (χ1v) is 23.9. The molecular weight excluding hydrogens is 847 g/mol. The molecule has 17 nitrogen and oxygen atoms in total. The summed E-state index contributed by atoms with van der Waals surface area (Å²) in [6.07, 6.45) is 6.41. The molecule has 1 aromatic rings. The Kier molecular flexibility index (Phi) is 19.3. The number of likely N-dealkylation sites (N-methyl/N-ethyl adjacent to an activating group) is 2. The molecule has 1 saturated carbocycles. The van der Waals surface area contributed by atoms with Crippen LogP contribution in [0.5, 0.6) is 0 Å². The molecule has 3 aliphatic heterocycles. The van der Waals surface area contributed by atoms with E-state index in [9.17, 15) is 33.6 Å². The highest BCUT2D eigenvalue weighted by Gasteiger charge is 2.49. The largest absolute Gasteiger partial charge is 0.379 e. The Morgan fingerprint density at radius 1 is 0.894 bits per heavy atom. The number of benzene rings is 1.